The zero-order chi connectivity index (χ0) is 19.6. The second-order valence-electron chi connectivity index (χ2n) is 8.47. The van der Waals surface area contributed by atoms with Crippen molar-refractivity contribution in [3.05, 3.63) is 35.9 Å². The quantitative estimate of drug-likeness (QED) is 0.746. The van der Waals surface area contributed by atoms with Crippen LogP contribution < -0.4 is 0 Å². The number of nitrogens with zero attached hydrogens (tertiary/aromatic N) is 3. The van der Waals surface area contributed by atoms with Gasteiger partial charge in [-0.1, -0.05) is 68.9 Å². The third-order valence-electron chi connectivity index (χ3n) is 6.23. The van der Waals surface area contributed by atoms with Crippen molar-refractivity contribution in [2.24, 2.45) is 9.39 Å². The van der Waals surface area contributed by atoms with Crippen LogP contribution in [0.25, 0.3) is 0 Å². The average molecular weight is 402 g/mol. The maximum atomic E-state index is 12.1. The molecule has 5 nitrogen and oxygen atoms in total. The van der Waals surface area contributed by atoms with E-state index < -0.39 is 10.0 Å². The summed E-state index contributed by atoms with van der Waals surface area (Å²) in [5.41, 5.74) is 1.09. The van der Waals surface area contributed by atoms with Gasteiger partial charge in [0.25, 0.3) is 10.0 Å². The topological polar surface area (TPSA) is 62.1 Å². The Balaban J connectivity index is 1.75. The molecule has 1 aromatic rings. The van der Waals surface area contributed by atoms with Gasteiger partial charge < -0.3 is 4.90 Å². The zero-order valence-electron chi connectivity index (χ0n) is 16.8. The molecule has 2 saturated carbocycles. The fourth-order valence-corrected chi connectivity index (χ4v) is 5.44. The predicted octanol–water partition coefficient (Wildman–Crippen LogP) is 4.51. The predicted molar refractivity (Wildman–Crippen MR) is 114 cm³/mol. The Bertz CT molecular complexity index is 836. The van der Waals surface area contributed by atoms with Crippen molar-refractivity contribution in [1.29, 1.82) is 0 Å². The maximum Gasteiger partial charge on any atom is 0.251 e. The molecule has 0 amide bonds. The lowest BCUT2D eigenvalue weighted by molar-refractivity contribution is 0.293. The lowest BCUT2D eigenvalue weighted by atomic mass is 9.82. The fraction of sp³-hybridized carbons (Fsp3) is 0.636. The molecule has 152 valence electrons. The Labute approximate surface area is 169 Å². The van der Waals surface area contributed by atoms with Gasteiger partial charge in [0.05, 0.1) is 12.3 Å². The van der Waals surface area contributed by atoms with Crippen molar-refractivity contribution in [2.75, 3.05) is 6.26 Å². The summed E-state index contributed by atoms with van der Waals surface area (Å²) in [5.74, 6) is 1.60. The molecule has 0 bridgehead atoms. The van der Waals surface area contributed by atoms with Gasteiger partial charge in [-0.3, -0.25) is 4.99 Å². The third-order valence-corrected chi connectivity index (χ3v) is 6.75. The number of amidine groups is 2. The normalized spacial score (nSPS) is 27.9. The molecule has 1 atom stereocenters. The fourth-order valence-electron chi connectivity index (χ4n) is 4.90. The number of hydrogen-bond acceptors (Lipinski definition) is 3. The molecule has 2 aliphatic carbocycles. The minimum atomic E-state index is -3.46. The first-order chi connectivity index (χ1) is 13.5. The minimum Gasteiger partial charge on any atom is -0.313 e. The van der Waals surface area contributed by atoms with Crippen molar-refractivity contribution < 1.29 is 8.42 Å². The number of sulfonamides is 1. The highest BCUT2D eigenvalue weighted by Gasteiger charge is 2.47. The Hall–Kier alpha value is -1.69. The van der Waals surface area contributed by atoms with E-state index in [1.165, 1.54) is 44.8 Å². The van der Waals surface area contributed by atoms with E-state index in [0.29, 0.717) is 17.9 Å². The number of aliphatic imine (C=N–C) groups is 1. The van der Waals surface area contributed by atoms with Crippen LogP contribution in [0.1, 0.15) is 75.7 Å². The first kappa shape index (κ1) is 19.6. The molecule has 0 radical (unpaired) electrons. The zero-order valence-corrected chi connectivity index (χ0v) is 17.6. The van der Waals surface area contributed by atoms with Gasteiger partial charge in [-0.2, -0.15) is 0 Å². The molecule has 3 aliphatic rings. The van der Waals surface area contributed by atoms with Crippen LogP contribution in [0.4, 0.5) is 0 Å². The standard InChI is InChI=1S/C22H31N3O2S/c1-28(26,27)24-22-20(17-11-5-2-6-12-17)21(23-18-13-7-3-8-14-18)25(22)19-15-9-4-10-16-19/h2,5-6,11-12,18-20H,3-4,7-10,13-16H2,1H3/b23-21?,24-22-. The van der Waals surface area contributed by atoms with E-state index in [1.54, 1.807) is 0 Å². The summed E-state index contributed by atoms with van der Waals surface area (Å²) in [6, 6.07) is 10.8. The number of hydrogen-bond donors (Lipinski definition) is 0. The highest BCUT2D eigenvalue weighted by Crippen LogP contribution is 2.39. The molecule has 0 aromatic heterocycles. The Kier molecular flexibility index (Phi) is 5.85. The van der Waals surface area contributed by atoms with E-state index in [4.69, 9.17) is 4.99 Å². The van der Waals surface area contributed by atoms with Crippen molar-refractivity contribution >= 4 is 21.7 Å². The molecule has 1 aromatic carbocycles. The average Bonchev–Trinajstić information content (AvgIpc) is 2.69. The Morgan fingerprint density at radius 3 is 2.07 bits per heavy atom. The molecule has 1 heterocycles. The summed E-state index contributed by atoms with van der Waals surface area (Å²) >= 11 is 0. The molecule has 6 heteroatoms. The van der Waals surface area contributed by atoms with Crippen LogP contribution in [0.3, 0.4) is 0 Å². The molecule has 28 heavy (non-hydrogen) atoms. The lowest BCUT2D eigenvalue weighted by Gasteiger charge is -2.49. The van der Waals surface area contributed by atoms with Crippen LogP contribution in [0.5, 0.6) is 0 Å². The largest absolute Gasteiger partial charge is 0.313 e. The first-order valence-corrected chi connectivity index (χ1v) is 12.6. The number of benzene rings is 1. The van der Waals surface area contributed by atoms with E-state index >= 15 is 0 Å². The van der Waals surface area contributed by atoms with E-state index in [-0.39, 0.29) is 5.92 Å². The third kappa shape index (κ3) is 4.32. The highest BCUT2D eigenvalue weighted by atomic mass is 32.2. The van der Waals surface area contributed by atoms with Crippen molar-refractivity contribution in [3.63, 3.8) is 0 Å². The van der Waals surface area contributed by atoms with E-state index in [1.807, 2.05) is 18.2 Å². The number of likely N-dealkylation sites (tertiary alicyclic amines) is 1. The van der Waals surface area contributed by atoms with Gasteiger partial charge in [0.2, 0.25) is 0 Å². The molecule has 3 fully saturated rings. The van der Waals surface area contributed by atoms with Crippen molar-refractivity contribution in [2.45, 2.75) is 82.2 Å². The lowest BCUT2D eigenvalue weighted by Crippen LogP contribution is -2.61. The summed E-state index contributed by atoms with van der Waals surface area (Å²) in [6.45, 7) is 0. The monoisotopic (exact) mass is 401 g/mol. The Morgan fingerprint density at radius 2 is 1.46 bits per heavy atom. The smallest absolute Gasteiger partial charge is 0.251 e. The highest BCUT2D eigenvalue weighted by molar-refractivity contribution is 7.89. The SMILES string of the molecule is CS(=O)(=O)/N=C1/C(c2ccccc2)C(=NC2CCCCC2)N1C1CCCCC1. The van der Waals surface area contributed by atoms with Gasteiger partial charge in [-0.05, 0) is 31.2 Å². The Morgan fingerprint density at radius 1 is 0.857 bits per heavy atom. The van der Waals surface area contributed by atoms with Crippen LogP contribution >= 0.6 is 0 Å². The maximum absolute atomic E-state index is 12.1. The minimum absolute atomic E-state index is 0.125. The number of rotatable bonds is 4. The summed E-state index contributed by atoms with van der Waals surface area (Å²) in [4.78, 5) is 7.39. The van der Waals surface area contributed by atoms with Gasteiger partial charge >= 0.3 is 0 Å². The molecule has 1 aliphatic heterocycles. The van der Waals surface area contributed by atoms with Gasteiger partial charge in [-0.15, -0.1) is 4.40 Å². The molecular formula is C22H31N3O2S. The molecular weight excluding hydrogens is 370 g/mol. The van der Waals surface area contributed by atoms with Crippen LogP contribution in [0.2, 0.25) is 0 Å². The van der Waals surface area contributed by atoms with Crippen LogP contribution in [-0.2, 0) is 10.0 Å². The summed E-state index contributed by atoms with van der Waals surface area (Å²) in [6.07, 6.45) is 13.1. The molecule has 0 N–H and O–H groups in total. The molecule has 1 saturated heterocycles. The van der Waals surface area contributed by atoms with E-state index in [0.717, 1.165) is 37.1 Å². The second kappa shape index (κ2) is 8.36. The van der Waals surface area contributed by atoms with Crippen molar-refractivity contribution in [1.82, 2.24) is 4.90 Å². The summed E-state index contributed by atoms with van der Waals surface area (Å²) < 4.78 is 28.4. The summed E-state index contributed by atoms with van der Waals surface area (Å²) in [5, 5.41) is 0. The van der Waals surface area contributed by atoms with E-state index in [2.05, 4.69) is 21.4 Å². The van der Waals surface area contributed by atoms with Gasteiger partial charge in [0.1, 0.15) is 17.6 Å². The van der Waals surface area contributed by atoms with Crippen molar-refractivity contribution in [3.8, 4) is 0 Å². The van der Waals surface area contributed by atoms with Crippen LogP contribution in [0, 0.1) is 0 Å². The second-order valence-corrected chi connectivity index (χ2v) is 10.1. The summed E-state index contributed by atoms with van der Waals surface area (Å²) in [7, 11) is -3.46. The van der Waals surface area contributed by atoms with E-state index in [9.17, 15) is 8.42 Å². The molecule has 0 spiro atoms. The van der Waals surface area contributed by atoms with Crippen LogP contribution in [0.15, 0.2) is 39.7 Å². The molecule has 4 rings (SSSR count). The first-order valence-electron chi connectivity index (χ1n) is 10.7. The van der Waals surface area contributed by atoms with Crippen LogP contribution in [-0.4, -0.2) is 43.3 Å². The van der Waals surface area contributed by atoms with Gasteiger partial charge in [0.15, 0.2) is 0 Å². The van der Waals surface area contributed by atoms with Gasteiger partial charge in [0, 0.05) is 6.04 Å². The van der Waals surface area contributed by atoms with Gasteiger partial charge in [-0.25, -0.2) is 8.42 Å². The molecule has 1 unspecified atom stereocenters.